The van der Waals surface area contributed by atoms with Crippen molar-refractivity contribution in [2.24, 2.45) is 0 Å². The van der Waals surface area contributed by atoms with Crippen molar-refractivity contribution >= 4 is 29.9 Å². The van der Waals surface area contributed by atoms with Crippen LogP contribution in [0.25, 0.3) is 5.69 Å². The molecule has 2 heterocycles. The summed E-state index contributed by atoms with van der Waals surface area (Å²) in [7, 11) is 0. The van der Waals surface area contributed by atoms with Gasteiger partial charge in [-0.2, -0.15) is 5.10 Å². The highest BCUT2D eigenvalue weighted by atomic mass is 35.5. The standard InChI is InChI=1S/C17H21ClN4O.ClH/c1-11-9-13(7-8-19-11)21-17(23)14-10-20-22(12(14)2)16-6-4-3-5-15(16)18;/h3-6,10-11,13,19H,7-9H2,1-2H3,(H,21,23);1H. The third-order valence-electron chi connectivity index (χ3n) is 4.29. The van der Waals surface area contributed by atoms with Gasteiger partial charge in [0.2, 0.25) is 0 Å². The average molecular weight is 369 g/mol. The fourth-order valence-electron chi connectivity index (χ4n) is 3.03. The Bertz CT molecular complexity index is 716. The number of halogens is 2. The topological polar surface area (TPSA) is 59.0 Å². The molecule has 1 saturated heterocycles. The molecule has 3 rings (SSSR count). The lowest BCUT2D eigenvalue weighted by Gasteiger charge is -2.28. The summed E-state index contributed by atoms with van der Waals surface area (Å²) in [5.74, 6) is -0.0695. The predicted octanol–water partition coefficient (Wildman–Crippen LogP) is 3.13. The highest BCUT2D eigenvalue weighted by Gasteiger charge is 2.22. The second kappa shape index (κ2) is 8.01. The molecule has 0 bridgehead atoms. The summed E-state index contributed by atoms with van der Waals surface area (Å²) >= 11 is 6.22. The minimum atomic E-state index is -0.0695. The van der Waals surface area contributed by atoms with Crippen LogP contribution < -0.4 is 10.6 Å². The molecule has 0 saturated carbocycles. The first-order chi connectivity index (χ1) is 11.1. The van der Waals surface area contributed by atoms with Crippen molar-refractivity contribution in [2.45, 2.75) is 38.8 Å². The first kappa shape index (κ1) is 18.8. The van der Waals surface area contributed by atoms with E-state index in [-0.39, 0.29) is 24.4 Å². The Morgan fingerprint density at radius 1 is 1.42 bits per heavy atom. The molecule has 7 heteroatoms. The van der Waals surface area contributed by atoms with E-state index >= 15 is 0 Å². The highest BCUT2D eigenvalue weighted by molar-refractivity contribution is 6.32. The maximum absolute atomic E-state index is 12.6. The zero-order valence-electron chi connectivity index (χ0n) is 13.8. The van der Waals surface area contributed by atoms with Gasteiger partial charge in [0.1, 0.15) is 0 Å². The number of nitrogens with one attached hydrogen (secondary N) is 2. The molecule has 0 aliphatic carbocycles. The van der Waals surface area contributed by atoms with Crippen molar-refractivity contribution in [3.05, 3.63) is 46.7 Å². The first-order valence-corrected chi connectivity index (χ1v) is 8.28. The van der Waals surface area contributed by atoms with Crippen molar-refractivity contribution in [2.75, 3.05) is 6.54 Å². The summed E-state index contributed by atoms with van der Waals surface area (Å²) in [6, 6.07) is 8.12. The Morgan fingerprint density at radius 2 is 2.17 bits per heavy atom. The molecule has 1 aromatic heterocycles. The van der Waals surface area contributed by atoms with Crippen LogP contribution in [0.4, 0.5) is 0 Å². The van der Waals surface area contributed by atoms with E-state index in [0.717, 1.165) is 30.8 Å². The molecule has 1 amide bonds. The molecule has 2 unspecified atom stereocenters. The van der Waals surface area contributed by atoms with Gasteiger partial charge in [0.25, 0.3) is 5.91 Å². The van der Waals surface area contributed by atoms with Crippen molar-refractivity contribution in [1.29, 1.82) is 0 Å². The van der Waals surface area contributed by atoms with Crippen LogP contribution in [0.1, 0.15) is 35.8 Å². The molecule has 130 valence electrons. The number of hydrogen-bond acceptors (Lipinski definition) is 3. The number of piperidine rings is 1. The number of amides is 1. The number of benzene rings is 1. The normalized spacial score (nSPS) is 20.3. The van der Waals surface area contributed by atoms with Gasteiger partial charge in [0, 0.05) is 12.1 Å². The molecule has 0 radical (unpaired) electrons. The molecular weight excluding hydrogens is 347 g/mol. The molecular formula is C17H22Cl2N4O. The van der Waals surface area contributed by atoms with Crippen LogP contribution in [0, 0.1) is 6.92 Å². The Balaban J connectivity index is 0.00000208. The van der Waals surface area contributed by atoms with Gasteiger partial charge in [-0.3, -0.25) is 4.79 Å². The zero-order valence-corrected chi connectivity index (χ0v) is 15.3. The number of hydrogen-bond donors (Lipinski definition) is 2. The van der Waals surface area contributed by atoms with E-state index in [1.165, 1.54) is 0 Å². The second-order valence-electron chi connectivity index (χ2n) is 6.06. The zero-order chi connectivity index (χ0) is 16.4. The summed E-state index contributed by atoms with van der Waals surface area (Å²) < 4.78 is 1.71. The molecule has 1 fully saturated rings. The summed E-state index contributed by atoms with van der Waals surface area (Å²) in [4.78, 5) is 12.6. The van der Waals surface area contributed by atoms with Crippen LogP contribution >= 0.6 is 24.0 Å². The van der Waals surface area contributed by atoms with Gasteiger partial charge in [-0.1, -0.05) is 23.7 Å². The van der Waals surface area contributed by atoms with Crippen LogP contribution in [0.2, 0.25) is 5.02 Å². The lowest BCUT2D eigenvalue weighted by atomic mass is 10.0. The molecule has 2 N–H and O–H groups in total. The minimum absolute atomic E-state index is 0. The van der Waals surface area contributed by atoms with Gasteiger partial charge in [-0.05, 0) is 45.4 Å². The van der Waals surface area contributed by atoms with Gasteiger partial charge in [0.15, 0.2) is 0 Å². The van der Waals surface area contributed by atoms with Gasteiger partial charge in [0.05, 0.1) is 28.2 Å². The Kier molecular flexibility index (Phi) is 6.27. The predicted molar refractivity (Wildman–Crippen MR) is 98.5 cm³/mol. The van der Waals surface area contributed by atoms with Crippen LogP contribution in [-0.4, -0.2) is 34.3 Å². The van der Waals surface area contributed by atoms with E-state index in [1.54, 1.807) is 10.9 Å². The first-order valence-electron chi connectivity index (χ1n) is 7.90. The number of rotatable bonds is 3. The van der Waals surface area contributed by atoms with Crippen molar-refractivity contribution in [3.8, 4) is 5.69 Å². The summed E-state index contributed by atoms with van der Waals surface area (Å²) in [6.45, 7) is 4.96. The lowest BCUT2D eigenvalue weighted by Crippen LogP contribution is -2.46. The molecule has 2 atom stereocenters. The van der Waals surface area contributed by atoms with E-state index in [4.69, 9.17) is 11.6 Å². The molecule has 0 spiro atoms. The van der Waals surface area contributed by atoms with E-state index < -0.39 is 0 Å². The van der Waals surface area contributed by atoms with E-state index in [0.29, 0.717) is 16.6 Å². The smallest absolute Gasteiger partial charge is 0.254 e. The quantitative estimate of drug-likeness (QED) is 0.874. The number of nitrogens with zero attached hydrogens (tertiary/aromatic N) is 2. The number of carbonyl (C=O) groups is 1. The number of aromatic nitrogens is 2. The fourth-order valence-corrected chi connectivity index (χ4v) is 3.24. The Morgan fingerprint density at radius 3 is 2.88 bits per heavy atom. The number of carbonyl (C=O) groups excluding carboxylic acids is 1. The molecule has 5 nitrogen and oxygen atoms in total. The third-order valence-corrected chi connectivity index (χ3v) is 4.61. The van der Waals surface area contributed by atoms with Crippen LogP contribution in [-0.2, 0) is 0 Å². The monoisotopic (exact) mass is 368 g/mol. The van der Waals surface area contributed by atoms with E-state index in [2.05, 4.69) is 22.7 Å². The average Bonchev–Trinajstić information content (AvgIpc) is 2.89. The highest BCUT2D eigenvalue weighted by Crippen LogP contribution is 2.22. The maximum atomic E-state index is 12.6. The fraction of sp³-hybridized carbons (Fsp3) is 0.412. The largest absolute Gasteiger partial charge is 0.349 e. The molecule has 1 aromatic carbocycles. The molecule has 1 aliphatic rings. The van der Waals surface area contributed by atoms with E-state index in [1.807, 2.05) is 31.2 Å². The Labute approximate surface area is 153 Å². The Hall–Kier alpha value is -1.56. The third kappa shape index (κ3) is 3.91. The number of para-hydroxylation sites is 1. The van der Waals surface area contributed by atoms with Crippen LogP contribution in [0.3, 0.4) is 0 Å². The second-order valence-corrected chi connectivity index (χ2v) is 6.46. The summed E-state index contributed by atoms with van der Waals surface area (Å²) in [5.41, 5.74) is 2.16. The minimum Gasteiger partial charge on any atom is -0.349 e. The van der Waals surface area contributed by atoms with Gasteiger partial charge in [-0.25, -0.2) is 4.68 Å². The van der Waals surface area contributed by atoms with Crippen LogP contribution in [0.15, 0.2) is 30.5 Å². The van der Waals surface area contributed by atoms with Crippen molar-refractivity contribution in [3.63, 3.8) is 0 Å². The van der Waals surface area contributed by atoms with Gasteiger partial charge >= 0.3 is 0 Å². The van der Waals surface area contributed by atoms with Gasteiger partial charge < -0.3 is 10.6 Å². The maximum Gasteiger partial charge on any atom is 0.254 e. The lowest BCUT2D eigenvalue weighted by molar-refractivity contribution is 0.0925. The van der Waals surface area contributed by atoms with Crippen LogP contribution in [0.5, 0.6) is 0 Å². The summed E-state index contributed by atoms with van der Waals surface area (Å²) in [5, 5.41) is 11.5. The SMILES string of the molecule is Cc1c(C(=O)NC2CCNC(C)C2)cnn1-c1ccccc1Cl.Cl. The molecule has 2 aromatic rings. The van der Waals surface area contributed by atoms with E-state index in [9.17, 15) is 4.79 Å². The molecule has 1 aliphatic heterocycles. The van der Waals surface area contributed by atoms with Crippen molar-refractivity contribution < 1.29 is 4.79 Å². The van der Waals surface area contributed by atoms with Crippen molar-refractivity contribution in [1.82, 2.24) is 20.4 Å². The molecule has 24 heavy (non-hydrogen) atoms. The van der Waals surface area contributed by atoms with Gasteiger partial charge in [-0.15, -0.1) is 12.4 Å². The summed E-state index contributed by atoms with van der Waals surface area (Å²) in [6.07, 6.45) is 3.51.